The molecule has 0 spiro atoms. The van der Waals surface area contributed by atoms with Crippen molar-refractivity contribution in [1.29, 1.82) is 0 Å². The van der Waals surface area contributed by atoms with E-state index in [-0.39, 0.29) is 5.92 Å². The molecule has 0 saturated carbocycles. The van der Waals surface area contributed by atoms with E-state index in [2.05, 4.69) is 22.6 Å². The van der Waals surface area contributed by atoms with E-state index in [1.54, 1.807) is 0 Å². The Balaban J connectivity index is 2.09. The molecule has 1 saturated heterocycles. The Morgan fingerprint density at radius 3 is 2.40 bits per heavy atom. The molecule has 0 bridgehead atoms. The monoisotopic (exact) mass is 332 g/mol. The van der Waals surface area contributed by atoms with Gasteiger partial charge in [0.05, 0.1) is 0 Å². The zero-order chi connectivity index (χ0) is 10.7. The average Bonchev–Trinajstić information content (AvgIpc) is 2.30. The lowest BCUT2D eigenvalue weighted by Crippen LogP contribution is -2.19. The normalized spacial score (nSPS) is 17.7. The zero-order valence-electron chi connectivity index (χ0n) is 8.41. The van der Waals surface area contributed by atoms with Crippen molar-refractivity contribution < 1.29 is 4.79 Å². The molecule has 1 aliphatic rings. The Morgan fingerprint density at radius 1 is 1.20 bits per heavy atom. The summed E-state index contributed by atoms with van der Waals surface area (Å²) in [6.07, 6.45) is 2.10. The molecular formula is C12H13IOS. The maximum absolute atomic E-state index is 12.1. The van der Waals surface area contributed by atoms with Crippen LogP contribution in [-0.2, 0) is 0 Å². The fourth-order valence-electron chi connectivity index (χ4n) is 1.81. The number of carbonyl (C=O) groups excluding carboxylic acids is 1. The van der Waals surface area contributed by atoms with Crippen LogP contribution in [0.3, 0.4) is 0 Å². The number of thioether (sulfide) groups is 1. The molecule has 0 unspecified atom stereocenters. The number of halogens is 1. The lowest BCUT2D eigenvalue weighted by atomic mass is 9.93. The molecule has 1 aliphatic heterocycles. The van der Waals surface area contributed by atoms with E-state index in [1.807, 2.05) is 36.0 Å². The molecule has 1 aromatic carbocycles. The van der Waals surface area contributed by atoms with Crippen LogP contribution in [0.4, 0.5) is 0 Å². The van der Waals surface area contributed by atoms with Crippen molar-refractivity contribution in [2.45, 2.75) is 12.8 Å². The summed E-state index contributed by atoms with van der Waals surface area (Å²) in [5, 5.41) is 0. The van der Waals surface area contributed by atoms with Gasteiger partial charge in [-0.25, -0.2) is 0 Å². The zero-order valence-corrected chi connectivity index (χ0v) is 11.4. The second kappa shape index (κ2) is 5.34. The van der Waals surface area contributed by atoms with E-state index in [0.717, 1.165) is 29.9 Å². The molecule has 15 heavy (non-hydrogen) atoms. The maximum atomic E-state index is 12.1. The highest BCUT2D eigenvalue weighted by Gasteiger charge is 2.22. The first-order valence-corrected chi connectivity index (χ1v) is 7.38. The predicted molar refractivity (Wildman–Crippen MR) is 73.5 cm³/mol. The first-order valence-electron chi connectivity index (χ1n) is 5.15. The van der Waals surface area contributed by atoms with Crippen LogP contribution >= 0.6 is 34.4 Å². The largest absolute Gasteiger partial charge is 0.294 e. The van der Waals surface area contributed by atoms with Crippen LogP contribution < -0.4 is 0 Å². The minimum Gasteiger partial charge on any atom is -0.294 e. The summed E-state index contributed by atoms with van der Waals surface area (Å²) >= 11 is 4.22. The van der Waals surface area contributed by atoms with Crippen LogP contribution in [0.5, 0.6) is 0 Å². The lowest BCUT2D eigenvalue weighted by molar-refractivity contribution is 0.0913. The van der Waals surface area contributed by atoms with Crippen molar-refractivity contribution >= 4 is 40.1 Å². The first-order chi connectivity index (χ1) is 7.27. The molecule has 80 valence electrons. The van der Waals surface area contributed by atoms with E-state index < -0.39 is 0 Å². The maximum Gasteiger partial charge on any atom is 0.166 e. The molecule has 1 nitrogen and oxygen atoms in total. The number of rotatable bonds is 2. The molecule has 0 amide bonds. The van der Waals surface area contributed by atoms with Gasteiger partial charge in [0.15, 0.2) is 5.78 Å². The van der Waals surface area contributed by atoms with Crippen molar-refractivity contribution in [1.82, 2.24) is 0 Å². The number of Topliss-reactive ketones (excluding diaryl/α,β-unsaturated/α-hetero) is 1. The van der Waals surface area contributed by atoms with Gasteiger partial charge in [0.25, 0.3) is 0 Å². The highest BCUT2D eigenvalue weighted by molar-refractivity contribution is 14.1. The van der Waals surface area contributed by atoms with Gasteiger partial charge in [0.1, 0.15) is 0 Å². The van der Waals surface area contributed by atoms with Gasteiger partial charge < -0.3 is 0 Å². The van der Waals surface area contributed by atoms with Gasteiger partial charge in [-0.15, -0.1) is 0 Å². The van der Waals surface area contributed by atoms with Crippen molar-refractivity contribution in [3.05, 3.63) is 33.4 Å². The van der Waals surface area contributed by atoms with E-state index in [9.17, 15) is 4.79 Å². The summed E-state index contributed by atoms with van der Waals surface area (Å²) in [5.74, 6) is 2.89. The average molecular weight is 332 g/mol. The van der Waals surface area contributed by atoms with Crippen LogP contribution in [0.2, 0.25) is 0 Å². The standard InChI is InChI=1S/C12H13IOS/c13-11-3-1-9(2-4-11)12(14)10-5-7-15-8-6-10/h1-4,10H,5-8H2. The molecule has 1 heterocycles. The molecule has 1 fully saturated rings. The Morgan fingerprint density at radius 2 is 1.80 bits per heavy atom. The lowest BCUT2D eigenvalue weighted by Gasteiger charge is -2.19. The smallest absolute Gasteiger partial charge is 0.166 e. The fourth-order valence-corrected chi connectivity index (χ4v) is 3.28. The minimum atomic E-state index is 0.270. The van der Waals surface area contributed by atoms with Gasteiger partial charge in [0.2, 0.25) is 0 Å². The van der Waals surface area contributed by atoms with E-state index >= 15 is 0 Å². The third-order valence-electron chi connectivity index (χ3n) is 2.72. The van der Waals surface area contributed by atoms with Gasteiger partial charge in [-0.1, -0.05) is 12.1 Å². The van der Waals surface area contributed by atoms with Crippen molar-refractivity contribution in [2.75, 3.05) is 11.5 Å². The summed E-state index contributed by atoms with van der Waals surface area (Å²) in [6.45, 7) is 0. The van der Waals surface area contributed by atoms with Gasteiger partial charge >= 0.3 is 0 Å². The summed E-state index contributed by atoms with van der Waals surface area (Å²) in [4.78, 5) is 12.1. The number of benzene rings is 1. The van der Waals surface area contributed by atoms with E-state index in [1.165, 1.54) is 3.57 Å². The Bertz CT molecular complexity index is 341. The van der Waals surface area contributed by atoms with Crippen LogP contribution in [-0.4, -0.2) is 17.3 Å². The third-order valence-corrected chi connectivity index (χ3v) is 4.49. The molecule has 2 rings (SSSR count). The molecule has 0 aromatic heterocycles. The highest BCUT2D eigenvalue weighted by Crippen LogP contribution is 2.26. The van der Waals surface area contributed by atoms with Crippen LogP contribution in [0.1, 0.15) is 23.2 Å². The van der Waals surface area contributed by atoms with Gasteiger partial charge in [-0.3, -0.25) is 4.79 Å². The third kappa shape index (κ3) is 2.97. The summed E-state index contributed by atoms with van der Waals surface area (Å²) in [5.41, 5.74) is 0.882. The molecule has 0 atom stereocenters. The first kappa shape index (κ1) is 11.5. The van der Waals surface area contributed by atoms with Crippen LogP contribution in [0.25, 0.3) is 0 Å². The number of hydrogen-bond acceptors (Lipinski definition) is 2. The number of ketones is 1. The molecule has 0 radical (unpaired) electrons. The van der Waals surface area contributed by atoms with E-state index in [4.69, 9.17) is 0 Å². The van der Waals surface area contributed by atoms with Crippen molar-refractivity contribution in [3.63, 3.8) is 0 Å². The van der Waals surface area contributed by atoms with Gasteiger partial charge in [0, 0.05) is 15.1 Å². The molecule has 3 heteroatoms. The molecule has 0 aliphatic carbocycles. The van der Waals surface area contributed by atoms with Crippen LogP contribution in [0.15, 0.2) is 24.3 Å². The van der Waals surface area contributed by atoms with Crippen LogP contribution in [0, 0.1) is 9.49 Å². The molecular weight excluding hydrogens is 319 g/mol. The van der Waals surface area contributed by atoms with E-state index in [0.29, 0.717) is 5.78 Å². The Hall–Kier alpha value is -0.0300. The quantitative estimate of drug-likeness (QED) is 0.608. The SMILES string of the molecule is O=C(c1ccc(I)cc1)C1CCSCC1. The predicted octanol–water partition coefficient (Wildman–Crippen LogP) is 3.62. The van der Waals surface area contributed by atoms with Gasteiger partial charge in [-0.2, -0.15) is 11.8 Å². The van der Waals surface area contributed by atoms with Crippen molar-refractivity contribution in [3.8, 4) is 0 Å². The second-order valence-electron chi connectivity index (χ2n) is 3.76. The second-order valence-corrected chi connectivity index (χ2v) is 6.23. The van der Waals surface area contributed by atoms with Gasteiger partial charge in [-0.05, 0) is 59.1 Å². The topological polar surface area (TPSA) is 17.1 Å². The summed E-state index contributed by atoms with van der Waals surface area (Å²) in [7, 11) is 0. The van der Waals surface area contributed by atoms with Crippen molar-refractivity contribution in [2.24, 2.45) is 5.92 Å². The highest BCUT2D eigenvalue weighted by atomic mass is 127. The fraction of sp³-hybridized carbons (Fsp3) is 0.417. The molecule has 1 aromatic rings. The molecule has 0 N–H and O–H groups in total. The Labute approximate surface area is 108 Å². The number of hydrogen-bond donors (Lipinski definition) is 0. The minimum absolute atomic E-state index is 0.270. The summed E-state index contributed by atoms with van der Waals surface area (Å²) < 4.78 is 1.18. The number of carbonyl (C=O) groups is 1. The Kier molecular flexibility index (Phi) is 4.08. The summed E-state index contributed by atoms with van der Waals surface area (Å²) in [6, 6.07) is 7.91.